The predicted molar refractivity (Wildman–Crippen MR) is 111 cm³/mol. The lowest BCUT2D eigenvalue weighted by Gasteiger charge is -2.41. The van der Waals surface area contributed by atoms with E-state index in [1.807, 2.05) is 0 Å². The van der Waals surface area contributed by atoms with Crippen LogP contribution in [0.15, 0.2) is 35.7 Å². The van der Waals surface area contributed by atoms with Crippen LogP contribution >= 0.6 is 11.3 Å². The van der Waals surface area contributed by atoms with Crippen LogP contribution in [0.2, 0.25) is 0 Å². The zero-order valence-electron chi connectivity index (χ0n) is 16.5. The third-order valence-electron chi connectivity index (χ3n) is 5.89. The van der Waals surface area contributed by atoms with Crippen molar-refractivity contribution in [2.24, 2.45) is 0 Å². The van der Waals surface area contributed by atoms with Crippen molar-refractivity contribution in [2.75, 3.05) is 13.1 Å². The van der Waals surface area contributed by atoms with E-state index in [0.29, 0.717) is 0 Å². The van der Waals surface area contributed by atoms with Gasteiger partial charge in [-0.2, -0.15) is 0 Å². The van der Waals surface area contributed by atoms with Gasteiger partial charge in [-0.1, -0.05) is 37.3 Å². The molecule has 4 nitrogen and oxygen atoms in total. The van der Waals surface area contributed by atoms with Crippen molar-refractivity contribution in [1.29, 1.82) is 0 Å². The van der Waals surface area contributed by atoms with Crippen LogP contribution in [0.5, 0.6) is 0 Å². The number of nitrogens with one attached hydrogen (secondary N) is 1. The number of hydrogen-bond acceptors (Lipinski definition) is 4. The molecule has 0 atom stereocenters. The van der Waals surface area contributed by atoms with Gasteiger partial charge in [-0.15, -0.1) is 11.3 Å². The first kappa shape index (κ1) is 18.4. The van der Waals surface area contributed by atoms with Crippen molar-refractivity contribution in [3.63, 3.8) is 0 Å². The molecule has 3 heterocycles. The minimum atomic E-state index is 0.0394. The molecule has 2 aromatic heterocycles. The lowest BCUT2D eigenvalue weighted by atomic mass is 9.70. The van der Waals surface area contributed by atoms with E-state index < -0.39 is 0 Å². The van der Waals surface area contributed by atoms with E-state index in [4.69, 9.17) is 9.97 Å². The highest BCUT2D eigenvalue weighted by atomic mass is 32.1. The standard InChI is InChI=1S/C22H28N4S/c1-4-21-23-16(2)19(25-21)14-26-12-10-22(11-13-26,18-8-6-5-7-9-18)20-15-27-17(3)24-20/h5-9,15H,4,10-14H2,1-3H3,(H,23,25). The van der Waals surface area contributed by atoms with E-state index >= 15 is 0 Å². The Bertz CT molecular complexity index is 888. The summed E-state index contributed by atoms with van der Waals surface area (Å²) in [6.45, 7) is 9.46. The lowest BCUT2D eigenvalue weighted by molar-refractivity contribution is 0.168. The Hall–Kier alpha value is -1.98. The molecule has 142 valence electrons. The molecule has 0 radical (unpaired) electrons. The van der Waals surface area contributed by atoms with E-state index in [1.165, 1.54) is 22.6 Å². The summed E-state index contributed by atoms with van der Waals surface area (Å²) in [7, 11) is 0. The zero-order chi connectivity index (χ0) is 18.9. The summed E-state index contributed by atoms with van der Waals surface area (Å²) in [4.78, 5) is 15.6. The number of piperidine rings is 1. The van der Waals surface area contributed by atoms with Crippen molar-refractivity contribution in [3.05, 3.63) is 69.2 Å². The summed E-state index contributed by atoms with van der Waals surface area (Å²) >= 11 is 1.76. The maximum Gasteiger partial charge on any atom is 0.106 e. The molecule has 0 aliphatic carbocycles. The maximum atomic E-state index is 4.90. The van der Waals surface area contributed by atoms with E-state index in [9.17, 15) is 0 Å². The fraction of sp³-hybridized carbons (Fsp3) is 0.455. The van der Waals surface area contributed by atoms with Crippen molar-refractivity contribution in [3.8, 4) is 0 Å². The minimum absolute atomic E-state index is 0.0394. The van der Waals surface area contributed by atoms with Crippen LogP contribution in [0, 0.1) is 13.8 Å². The van der Waals surface area contributed by atoms with Crippen LogP contribution in [-0.2, 0) is 18.4 Å². The first-order valence-electron chi connectivity index (χ1n) is 9.85. The van der Waals surface area contributed by atoms with Gasteiger partial charge in [0.15, 0.2) is 0 Å². The highest BCUT2D eigenvalue weighted by molar-refractivity contribution is 7.09. The summed E-state index contributed by atoms with van der Waals surface area (Å²) in [5.41, 5.74) is 5.10. The molecule has 27 heavy (non-hydrogen) atoms. The summed E-state index contributed by atoms with van der Waals surface area (Å²) in [6, 6.07) is 11.0. The molecule has 3 aromatic rings. The van der Waals surface area contributed by atoms with E-state index in [-0.39, 0.29) is 5.41 Å². The van der Waals surface area contributed by atoms with Crippen molar-refractivity contribution in [2.45, 2.75) is 52.0 Å². The number of likely N-dealkylation sites (tertiary alicyclic amines) is 1. The number of aromatic nitrogens is 3. The van der Waals surface area contributed by atoms with Gasteiger partial charge in [0.2, 0.25) is 0 Å². The Morgan fingerprint density at radius 1 is 1.11 bits per heavy atom. The highest BCUT2D eigenvalue weighted by Gasteiger charge is 2.39. The van der Waals surface area contributed by atoms with Crippen molar-refractivity contribution >= 4 is 11.3 Å². The Morgan fingerprint density at radius 3 is 2.44 bits per heavy atom. The van der Waals surface area contributed by atoms with Gasteiger partial charge >= 0.3 is 0 Å². The van der Waals surface area contributed by atoms with E-state index in [0.717, 1.165) is 49.7 Å². The molecular weight excluding hydrogens is 352 g/mol. The molecule has 0 amide bonds. The van der Waals surface area contributed by atoms with Crippen molar-refractivity contribution in [1.82, 2.24) is 19.9 Å². The lowest BCUT2D eigenvalue weighted by Crippen LogP contribution is -2.43. The topological polar surface area (TPSA) is 44.8 Å². The molecule has 0 saturated carbocycles. The second kappa shape index (κ2) is 7.56. The van der Waals surface area contributed by atoms with Crippen LogP contribution < -0.4 is 0 Å². The van der Waals surface area contributed by atoms with Gasteiger partial charge in [0.25, 0.3) is 0 Å². The number of H-pyrrole nitrogens is 1. The minimum Gasteiger partial charge on any atom is -0.346 e. The molecular formula is C22H28N4S. The molecule has 1 saturated heterocycles. The fourth-order valence-electron chi connectivity index (χ4n) is 4.22. The number of aromatic amines is 1. The third kappa shape index (κ3) is 3.58. The van der Waals surface area contributed by atoms with Gasteiger partial charge in [0.1, 0.15) is 5.82 Å². The van der Waals surface area contributed by atoms with Crippen LogP contribution in [0.3, 0.4) is 0 Å². The van der Waals surface area contributed by atoms with Crippen LogP contribution in [0.4, 0.5) is 0 Å². The second-order valence-electron chi connectivity index (χ2n) is 7.58. The molecule has 1 fully saturated rings. The molecule has 5 heteroatoms. The summed E-state index contributed by atoms with van der Waals surface area (Å²) in [6.07, 6.45) is 3.16. The Kier molecular flexibility index (Phi) is 5.15. The van der Waals surface area contributed by atoms with Crippen LogP contribution in [0.1, 0.15) is 53.2 Å². The average molecular weight is 381 g/mol. The van der Waals surface area contributed by atoms with E-state index in [1.54, 1.807) is 11.3 Å². The smallest absolute Gasteiger partial charge is 0.106 e. The summed E-state index contributed by atoms with van der Waals surface area (Å²) < 4.78 is 0. The second-order valence-corrected chi connectivity index (χ2v) is 8.65. The largest absolute Gasteiger partial charge is 0.346 e. The summed E-state index contributed by atoms with van der Waals surface area (Å²) in [5, 5.41) is 3.42. The molecule has 1 aromatic carbocycles. The Balaban J connectivity index is 1.55. The number of nitrogens with zero attached hydrogens (tertiary/aromatic N) is 3. The summed E-state index contributed by atoms with van der Waals surface area (Å²) in [5.74, 6) is 1.09. The van der Waals surface area contributed by atoms with Crippen LogP contribution in [0.25, 0.3) is 0 Å². The molecule has 1 aliphatic heterocycles. The molecule has 0 unspecified atom stereocenters. The molecule has 4 rings (SSSR count). The normalized spacial score (nSPS) is 17.3. The fourth-order valence-corrected chi connectivity index (χ4v) is 4.93. The predicted octanol–water partition coefficient (Wildman–Crippen LogP) is 4.63. The SMILES string of the molecule is CCc1nc(CN2CCC(c3ccccc3)(c3csc(C)n3)CC2)c(C)[nH]1. The molecule has 0 spiro atoms. The molecule has 1 aliphatic rings. The number of rotatable bonds is 5. The number of imidazole rings is 1. The van der Waals surface area contributed by atoms with Gasteiger partial charge in [-0.25, -0.2) is 9.97 Å². The van der Waals surface area contributed by atoms with Gasteiger partial charge in [-0.05, 0) is 45.3 Å². The van der Waals surface area contributed by atoms with Gasteiger partial charge in [0, 0.05) is 29.5 Å². The monoisotopic (exact) mass is 380 g/mol. The number of hydrogen-bond donors (Lipinski definition) is 1. The zero-order valence-corrected chi connectivity index (χ0v) is 17.3. The van der Waals surface area contributed by atoms with Gasteiger partial charge in [-0.3, -0.25) is 4.90 Å². The van der Waals surface area contributed by atoms with E-state index in [2.05, 4.69) is 66.4 Å². The Morgan fingerprint density at radius 2 is 1.85 bits per heavy atom. The number of benzene rings is 1. The maximum absolute atomic E-state index is 4.90. The number of aryl methyl sites for hydroxylation is 3. The van der Waals surface area contributed by atoms with Gasteiger partial charge in [0.05, 0.1) is 16.4 Å². The first-order valence-corrected chi connectivity index (χ1v) is 10.7. The van der Waals surface area contributed by atoms with Gasteiger partial charge < -0.3 is 4.98 Å². The highest BCUT2D eigenvalue weighted by Crippen LogP contribution is 2.42. The third-order valence-corrected chi connectivity index (χ3v) is 6.66. The average Bonchev–Trinajstić information content (AvgIpc) is 3.29. The van der Waals surface area contributed by atoms with Crippen LogP contribution in [-0.4, -0.2) is 32.9 Å². The Labute approximate surface area is 165 Å². The van der Waals surface area contributed by atoms with Crippen molar-refractivity contribution < 1.29 is 0 Å². The molecule has 0 bridgehead atoms. The molecule has 1 N–H and O–H groups in total. The number of thiazole rings is 1. The first-order chi connectivity index (χ1) is 13.1. The quantitative estimate of drug-likeness (QED) is 0.702.